The zero-order chi connectivity index (χ0) is 24.9. The number of benzene rings is 3. The SMILES string of the molecule is CCOc1cc(/C=C2\SC(=O)N(Cc3ccccc3Cl)C2=O)cc(Cl)c1OCc1ccc(F)cc1. The van der Waals surface area contributed by atoms with Gasteiger partial charge < -0.3 is 9.47 Å². The van der Waals surface area contributed by atoms with Crippen molar-refractivity contribution in [1.82, 2.24) is 4.90 Å². The molecule has 3 aromatic carbocycles. The van der Waals surface area contributed by atoms with Crippen LogP contribution in [-0.4, -0.2) is 22.7 Å². The molecule has 0 aromatic heterocycles. The molecular weight excluding hydrogens is 512 g/mol. The molecule has 1 aliphatic rings. The van der Waals surface area contributed by atoms with Gasteiger partial charge in [0.15, 0.2) is 11.5 Å². The van der Waals surface area contributed by atoms with Crippen LogP contribution in [0.3, 0.4) is 0 Å². The average molecular weight is 532 g/mol. The third kappa shape index (κ3) is 5.99. The molecule has 1 fully saturated rings. The number of rotatable bonds is 8. The van der Waals surface area contributed by atoms with Crippen molar-refractivity contribution in [2.24, 2.45) is 0 Å². The summed E-state index contributed by atoms with van der Waals surface area (Å²) in [4.78, 5) is 26.9. The molecule has 4 rings (SSSR count). The summed E-state index contributed by atoms with van der Waals surface area (Å²) < 4.78 is 24.7. The third-order valence-electron chi connectivity index (χ3n) is 5.09. The van der Waals surface area contributed by atoms with E-state index in [4.69, 9.17) is 32.7 Å². The quantitative estimate of drug-likeness (QED) is 0.284. The normalized spacial score (nSPS) is 14.6. The highest BCUT2D eigenvalue weighted by molar-refractivity contribution is 8.18. The summed E-state index contributed by atoms with van der Waals surface area (Å²) >= 11 is 13.5. The highest BCUT2D eigenvalue weighted by Gasteiger charge is 2.35. The molecule has 0 saturated carbocycles. The van der Waals surface area contributed by atoms with E-state index in [0.717, 1.165) is 22.2 Å². The summed E-state index contributed by atoms with van der Waals surface area (Å²) in [5, 5.41) is 0.385. The largest absolute Gasteiger partial charge is 0.490 e. The fourth-order valence-corrected chi connectivity index (χ4v) is 4.70. The lowest BCUT2D eigenvalue weighted by atomic mass is 10.1. The van der Waals surface area contributed by atoms with Gasteiger partial charge in [-0.1, -0.05) is 53.5 Å². The van der Waals surface area contributed by atoms with Gasteiger partial charge in [-0.25, -0.2) is 4.39 Å². The Hall–Kier alpha value is -3.00. The minimum absolute atomic E-state index is 0.0861. The maximum Gasteiger partial charge on any atom is 0.293 e. The van der Waals surface area contributed by atoms with Crippen LogP contribution in [0, 0.1) is 5.82 Å². The van der Waals surface area contributed by atoms with Gasteiger partial charge in [0.2, 0.25) is 0 Å². The number of thioether (sulfide) groups is 1. The predicted molar refractivity (Wildman–Crippen MR) is 136 cm³/mol. The predicted octanol–water partition coefficient (Wildman–Crippen LogP) is 7.35. The lowest BCUT2D eigenvalue weighted by Gasteiger charge is -2.15. The van der Waals surface area contributed by atoms with Gasteiger partial charge in [0.1, 0.15) is 12.4 Å². The first-order valence-corrected chi connectivity index (χ1v) is 12.2. The Bertz CT molecular complexity index is 1300. The smallest absolute Gasteiger partial charge is 0.293 e. The number of halogens is 3. The Kier molecular flexibility index (Phi) is 8.00. The van der Waals surface area contributed by atoms with Crippen LogP contribution in [0.15, 0.2) is 65.6 Å². The average Bonchev–Trinajstić information content (AvgIpc) is 3.08. The maximum atomic E-state index is 13.1. The van der Waals surface area contributed by atoms with Gasteiger partial charge in [-0.15, -0.1) is 0 Å². The second kappa shape index (κ2) is 11.2. The number of hydrogen-bond donors (Lipinski definition) is 0. The Morgan fingerprint density at radius 3 is 2.46 bits per heavy atom. The standard InChI is InChI=1S/C26H20Cl2FNO4S/c1-2-33-22-12-17(11-21(28)24(22)34-15-16-7-9-19(29)10-8-16)13-23-25(31)30(26(32)35-23)14-18-5-3-4-6-20(18)27/h3-13H,2,14-15H2,1H3/b23-13-. The van der Waals surface area contributed by atoms with Gasteiger partial charge in [0.05, 0.1) is 23.1 Å². The Balaban J connectivity index is 1.55. The van der Waals surface area contributed by atoms with Crippen molar-refractivity contribution < 1.29 is 23.5 Å². The molecular formula is C26H20Cl2FNO4S. The first-order chi connectivity index (χ1) is 16.9. The third-order valence-corrected chi connectivity index (χ3v) is 6.64. The number of hydrogen-bond acceptors (Lipinski definition) is 5. The lowest BCUT2D eigenvalue weighted by Crippen LogP contribution is -2.27. The molecule has 1 saturated heterocycles. The summed E-state index contributed by atoms with van der Waals surface area (Å²) in [6.07, 6.45) is 1.59. The van der Waals surface area contributed by atoms with Crippen molar-refractivity contribution >= 4 is 52.2 Å². The van der Waals surface area contributed by atoms with Crippen LogP contribution in [0.25, 0.3) is 6.08 Å². The molecule has 0 aliphatic carbocycles. The fourth-order valence-electron chi connectivity index (χ4n) is 3.40. The molecule has 5 nitrogen and oxygen atoms in total. The minimum atomic E-state index is -0.411. The van der Waals surface area contributed by atoms with Crippen LogP contribution < -0.4 is 9.47 Å². The minimum Gasteiger partial charge on any atom is -0.490 e. The van der Waals surface area contributed by atoms with Crippen LogP contribution in [0.5, 0.6) is 11.5 Å². The first-order valence-electron chi connectivity index (χ1n) is 10.7. The van der Waals surface area contributed by atoms with Crippen LogP contribution in [-0.2, 0) is 17.9 Å². The molecule has 3 aromatic rings. The van der Waals surface area contributed by atoms with E-state index in [0.29, 0.717) is 34.3 Å². The van der Waals surface area contributed by atoms with E-state index >= 15 is 0 Å². The van der Waals surface area contributed by atoms with Gasteiger partial charge in [-0.2, -0.15) is 0 Å². The van der Waals surface area contributed by atoms with E-state index < -0.39 is 5.91 Å². The van der Waals surface area contributed by atoms with Gasteiger partial charge in [-0.3, -0.25) is 14.5 Å². The molecule has 0 spiro atoms. The Morgan fingerprint density at radius 1 is 1.00 bits per heavy atom. The van der Waals surface area contributed by atoms with E-state index in [9.17, 15) is 14.0 Å². The second-order valence-corrected chi connectivity index (χ2v) is 9.34. The fraction of sp³-hybridized carbons (Fsp3) is 0.154. The molecule has 180 valence electrons. The van der Waals surface area contributed by atoms with Crippen molar-refractivity contribution in [3.63, 3.8) is 0 Å². The molecule has 2 amide bonds. The van der Waals surface area contributed by atoms with Gasteiger partial charge in [0.25, 0.3) is 11.1 Å². The van der Waals surface area contributed by atoms with E-state index in [1.54, 1.807) is 54.6 Å². The van der Waals surface area contributed by atoms with Crippen molar-refractivity contribution in [1.29, 1.82) is 0 Å². The van der Waals surface area contributed by atoms with Crippen LogP contribution in [0.2, 0.25) is 10.0 Å². The topological polar surface area (TPSA) is 55.8 Å². The molecule has 35 heavy (non-hydrogen) atoms. The van der Waals surface area contributed by atoms with E-state index in [2.05, 4.69) is 0 Å². The molecule has 9 heteroatoms. The van der Waals surface area contributed by atoms with Crippen molar-refractivity contribution in [3.05, 3.63) is 98.1 Å². The number of carbonyl (C=O) groups excluding carboxylic acids is 2. The van der Waals surface area contributed by atoms with Crippen LogP contribution in [0.1, 0.15) is 23.6 Å². The number of ether oxygens (including phenoxy) is 2. The summed E-state index contributed by atoms with van der Waals surface area (Å²) in [6.45, 7) is 2.44. The zero-order valence-electron chi connectivity index (χ0n) is 18.6. The molecule has 1 heterocycles. The van der Waals surface area contributed by atoms with Crippen LogP contribution in [0.4, 0.5) is 9.18 Å². The van der Waals surface area contributed by atoms with Gasteiger partial charge in [-0.05, 0) is 71.8 Å². The summed E-state index contributed by atoms with van der Waals surface area (Å²) in [5.74, 6) is -0.0152. The highest BCUT2D eigenvalue weighted by Crippen LogP contribution is 2.40. The van der Waals surface area contributed by atoms with E-state index in [1.165, 1.54) is 12.1 Å². The van der Waals surface area contributed by atoms with E-state index in [-0.39, 0.29) is 34.1 Å². The Morgan fingerprint density at radius 2 is 1.74 bits per heavy atom. The molecule has 0 N–H and O–H groups in total. The summed E-state index contributed by atoms with van der Waals surface area (Å²) in [5.41, 5.74) is 2.03. The summed E-state index contributed by atoms with van der Waals surface area (Å²) in [6, 6.07) is 16.3. The lowest BCUT2D eigenvalue weighted by molar-refractivity contribution is -0.123. The van der Waals surface area contributed by atoms with E-state index in [1.807, 2.05) is 6.92 Å². The molecule has 0 bridgehead atoms. The number of amides is 2. The Labute approximate surface area is 216 Å². The molecule has 0 unspecified atom stereocenters. The first kappa shape index (κ1) is 25.1. The van der Waals surface area contributed by atoms with Crippen molar-refractivity contribution in [2.75, 3.05) is 6.61 Å². The highest BCUT2D eigenvalue weighted by atomic mass is 35.5. The van der Waals surface area contributed by atoms with Gasteiger partial charge in [0, 0.05) is 5.02 Å². The molecule has 1 aliphatic heterocycles. The van der Waals surface area contributed by atoms with Crippen LogP contribution >= 0.6 is 35.0 Å². The van der Waals surface area contributed by atoms with Crippen molar-refractivity contribution in [2.45, 2.75) is 20.1 Å². The number of imide groups is 1. The monoisotopic (exact) mass is 531 g/mol. The summed E-state index contributed by atoms with van der Waals surface area (Å²) in [7, 11) is 0. The zero-order valence-corrected chi connectivity index (χ0v) is 20.9. The van der Waals surface area contributed by atoms with Gasteiger partial charge >= 0.3 is 0 Å². The number of carbonyl (C=O) groups is 2. The molecule has 0 atom stereocenters. The number of nitrogens with zero attached hydrogens (tertiary/aromatic N) is 1. The second-order valence-electron chi connectivity index (χ2n) is 7.54. The van der Waals surface area contributed by atoms with Crippen molar-refractivity contribution in [3.8, 4) is 11.5 Å². The molecule has 0 radical (unpaired) electrons. The maximum absolute atomic E-state index is 13.1.